The van der Waals surface area contributed by atoms with E-state index in [1.54, 1.807) is 7.11 Å². The molecule has 0 N–H and O–H groups in total. The van der Waals surface area contributed by atoms with Crippen LogP contribution in [0.25, 0.3) is 0 Å². The van der Waals surface area contributed by atoms with Crippen molar-refractivity contribution < 1.29 is 9.47 Å². The lowest BCUT2D eigenvalue weighted by Crippen LogP contribution is -2.31. The fourth-order valence-corrected chi connectivity index (χ4v) is 3.28. The number of hydrogen-bond acceptors (Lipinski definition) is 4. The molecule has 1 aliphatic heterocycles. The molecule has 1 saturated heterocycles. The molecule has 1 aromatic carbocycles. The Bertz CT molecular complexity index is 662. The summed E-state index contributed by atoms with van der Waals surface area (Å²) >= 11 is 0. The van der Waals surface area contributed by atoms with Gasteiger partial charge in [0.25, 0.3) is 0 Å². The second-order valence-electron chi connectivity index (χ2n) is 6.50. The first-order chi connectivity index (χ1) is 11.7. The molecular weight excluding hydrogens is 302 g/mol. The molecule has 2 aromatic rings. The van der Waals surface area contributed by atoms with Gasteiger partial charge in [-0.15, -0.1) is 0 Å². The van der Waals surface area contributed by atoms with E-state index in [2.05, 4.69) is 29.1 Å². The van der Waals surface area contributed by atoms with Crippen LogP contribution in [0, 0.1) is 6.92 Å². The molecule has 2 heterocycles. The van der Waals surface area contributed by atoms with E-state index in [1.807, 2.05) is 30.1 Å². The highest BCUT2D eigenvalue weighted by Gasteiger charge is 2.21. The molecule has 0 amide bonds. The standard InChI is InChI=1S/C19H27N3O2/c1-15-17(11-20-21(15)2)13-22(14-18-8-6-10-24-18)12-16-7-4-5-9-19(16)23-3/h4-5,7,9,11,18H,6,8,10,12-14H2,1-3H3. The lowest BCUT2D eigenvalue weighted by molar-refractivity contribution is 0.0675. The normalized spacial score (nSPS) is 17.6. The van der Waals surface area contributed by atoms with Gasteiger partial charge in [0.2, 0.25) is 0 Å². The molecule has 1 unspecified atom stereocenters. The third-order valence-corrected chi connectivity index (χ3v) is 4.80. The molecule has 1 aromatic heterocycles. The predicted octanol–water partition coefficient (Wildman–Crippen LogP) is 2.92. The Labute approximate surface area is 144 Å². The van der Waals surface area contributed by atoms with Crippen LogP contribution in [0.5, 0.6) is 5.75 Å². The number of aromatic nitrogens is 2. The number of methoxy groups -OCH3 is 1. The summed E-state index contributed by atoms with van der Waals surface area (Å²) in [4.78, 5) is 2.44. The molecule has 0 saturated carbocycles. The summed E-state index contributed by atoms with van der Waals surface area (Å²) in [7, 11) is 3.72. The van der Waals surface area contributed by atoms with Crippen molar-refractivity contribution in [1.82, 2.24) is 14.7 Å². The summed E-state index contributed by atoms with van der Waals surface area (Å²) in [6.07, 6.45) is 4.62. The van der Waals surface area contributed by atoms with E-state index in [1.165, 1.54) is 23.2 Å². The van der Waals surface area contributed by atoms with Crippen molar-refractivity contribution in [3.8, 4) is 5.75 Å². The molecule has 1 atom stereocenters. The summed E-state index contributed by atoms with van der Waals surface area (Å²) in [5.74, 6) is 0.942. The lowest BCUT2D eigenvalue weighted by atomic mass is 10.1. The maximum absolute atomic E-state index is 5.86. The number of para-hydroxylation sites is 1. The first-order valence-corrected chi connectivity index (χ1v) is 8.60. The van der Waals surface area contributed by atoms with Gasteiger partial charge in [0.05, 0.1) is 19.4 Å². The third kappa shape index (κ3) is 3.97. The van der Waals surface area contributed by atoms with E-state index < -0.39 is 0 Å². The van der Waals surface area contributed by atoms with Crippen LogP contribution in [0.4, 0.5) is 0 Å². The van der Waals surface area contributed by atoms with Gasteiger partial charge in [-0.1, -0.05) is 18.2 Å². The van der Waals surface area contributed by atoms with E-state index in [0.29, 0.717) is 6.10 Å². The summed E-state index contributed by atoms with van der Waals surface area (Å²) in [6.45, 7) is 5.66. The van der Waals surface area contributed by atoms with Crippen LogP contribution in [-0.4, -0.2) is 41.0 Å². The van der Waals surface area contributed by atoms with Crippen LogP contribution in [0.3, 0.4) is 0 Å². The Morgan fingerprint density at radius 2 is 2.08 bits per heavy atom. The first-order valence-electron chi connectivity index (χ1n) is 8.60. The van der Waals surface area contributed by atoms with Crippen molar-refractivity contribution in [3.05, 3.63) is 47.3 Å². The van der Waals surface area contributed by atoms with E-state index in [0.717, 1.165) is 38.4 Å². The lowest BCUT2D eigenvalue weighted by Gasteiger charge is -2.26. The minimum atomic E-state index is 0.330. The number of rotatable bonds is 7. The van der Waals surface area contributed by atoms with Gasteiger partial charge in [-0.05, 0) is 25.8 Å². The van der Waals surface area contributed by atoms with E-state index in [4.69, 9.17) is 9.47 Å². The number of benzene rings is 1. The molecule has 130 valence electrons. The number of aryl methyl sites for hydroxylation is 1. The highest BCUT2D eigenvalue weighted by atomic mass is 16.5. The topological polar surface area (TPSA) is 39.5 Å². The highest BCUT2D eigenvalue weighted by molar-refractivity contribution is 5.33. The molecule has 0 aliphatic carbocycles. The molecule has 0 bridgehead atoms. The Morgan fingerprint density at radius 1 is 1.29 bits per heavy atom. The number of ether oxygens (including phenoxy) is 2. The van der Waals surface area contributed by atoms with Crippen LogP contribution in [-0.2, 0) is 24.9 Å². The average molecular weight is 329 g/mol. The third-order valence-electron chi connectivity index (χ3n) is 4.80. The van der Waals surface area contributed by atoms with E-state index in [9.17, 15) is 0 Å². The van der Waals surface area contributed by atoms with Crippen LogP contribution in [0.15, 0.2) is 30.5 Å². The highest BCUT2D eigenvalue weighted by Crippen LogP contribution is 2.23. The second-order valence-corrected chi connectivity index (χ2v) is 6.50. The fraction of sp³-hybridized carbons (Fsp3) is 0.526. The average Bonchev–Trinajstić information content (AvgIpc) is 3.21. The molecule has 0 spiro atoms. The molecule has 24 heavy (non-hydrogen) atoms. The van der Waals surface area contributed by atoms with Crippen LogP contribution in [0.2, 0.25) is 0 Å². The van der Waals surface area contributed by atoms with Crippen molar-refractivity contribution >= 4 is 0 Å². The Balaban J connectivity index is 1.77. The molecule has 3 rings (SSSR count). The Hall–Kier alpha value is -1.85. The van der Waals surface area contributed by atoms with Gasteiger partial charge >= 0.3 is 0 Å². The summed E-state index contributed by atoms with van der Waals surface area (Å²) in [5.41, 5.74) is 3.69. The van der Waals surface area contributed by atoms with Gasteiger partial charge in [-0.2, -0.15) is 5.10 Å². The van der Waals surface area contributed by atoms with Crippen LogP contribution >= 0.6 is 0 Å². The minimum Gasteiger partial charge on any atom is -0.496 e. The molecule has 5 nitrogen and oxygen atoms in total. The van der Waals surface area contributed by atoms with Gasteiger partial charge in [0.15, 0.2) is 0 Å². The molecule has 0 radical (unpaired) electrons. The van der Waals surface area contributed by atoms with Crippen molar-refractivity contribution in [1.29, 1.82) is 0 Å². The van der Waals surface area contributed by atoms with Crippen molar-refractivity contribution in [2.75, 3.05) is 20.3 Å². The largest absolute Gasteiger partial charge is 0.496 e. The zero-order chi connectivity index (χ0) is 16.9. The Kier molecular flexibility index (Phi) is 5.53. The van der Waals surface area contributed by atoms with Crippen molar-refractivity contribution in [3.63, 3.8) is 0 Å². The SMILES string of the molecule is COc1ccccc1CN(Cc1cnn(C)c1C)CC1CCCO1. The van der Waals surface area contributed by atoms with E-state index >= 15 is 0 Å². The molecular formula is C19H27N3O2. The van der Waals surface area contributed by atoms with Crippen LogP contribution in [0.1, 0.15) is 29.7 Å². The van der Waals surface area contributed by atoms with Gasteiger partial charge in [-0.25, -0.2) is 0 Å². The van der Waals surface area contributed by atoms with Gasteiger partial charge in [0.1, 0.15) is 5.75 Å². The van der Waals surface area contributed by atoms with E-state index in [-0.39, 0.29) is 0 Å². The second kappa shape index (κ2) is 7.81. The predicted molar refractivity (Wildman–Crippen MR) is 94.0 cm³/mol. The molecule has 1 aliphatic rings. The Morgan fingerprint density at radius 3 is 2.75 bits per heavy atom. The van der Waals surface area contributed by atoms with Crippen LogP contribution < -0.4 is 4.74 Å². The van der Waals surface area contributed by atoms with Crippen molar-refractivity contribution in [2.24, 2.45) is 7.05 Å². The summed E-state index contributed by atoms with van der Waals surface area (Å²) in [6, 6.07) is 8.24. The number of hydrogen-bond donors (Lipinski definition) is 0. The minimum absolute atomic E-state index is 0.330. The quantitative estimate of drug-likeness (QED) is 0.783. The molecule has 1 fully saturated rings. The smallest absolute Gasteiger partial charge is 0.123 e. The maximum atomic E-state index is 5.86. The van der Waals surface area contributed by atoms with Gasteiger partial charge in [0, 0.05) is 50.1 Å². The first kappa shape index (κ1) is 17.0. The monoisotopic (exact) mass is 329 g/mol. The summed E-state index contributed by atoms with van der Waals surface area (Å²) in [5, 5.41) is 4.38. The van der Waals surface area contributed by atoms with Gasteiger partial charge in [-0.3, -0.25) is 9.58 Å². The summed E-state index contributed by atoms with van der Waals surface area (Å²) < 4.78 is 13.3. The maximum Gasteiger partial charge on any atom is 0.123 e. The van der Waals surface area contributed by atoms with Crippen molar-refractivity contribution in [2.45, 2.75) is 39.0 Å². The molecule has 5 heteroatoms. The zero-order valence-electron chi connectivity index (χ0n) is 14.9. The van der Waals surface area contributed by atoms with Gasteiger partial charge < -0.3 is 9.47 Å². The number of nitrogens with zero attached hydrogens (tertiary/aromatic N) is 3. The fourth-order valence-electron chi connectivity index (χ4n) is 3.28. The zero-order valence-corrected chi connectivity index (χ0v) is 14.9.